The summed E-state index contributed by atoms with van der Waals surface area (Å²) in [7, 11) is 3.76. The van der Waals surface area contributed by atoms with Crippen molar-refractivity contribution in [1.82, 2.24) is 28.9 Å². The summed E-state index contributed by atoms with van der Waals surface area (Å²) in [5, 5.41) is 15.9. The Kier molecular flexibility index (Phi) is 10.3. The smallest absolute Gasteiger partial charge is 0.306 e. The molecule has 0 radical (unpaired) electrons. The molecule has 2 aliphatic heterocycles. The van der Waals surface area contributed by atoms with Gasteiger partial charge in [0.1, 0.15) is 0 Å². The van der Waals surface area contributed by atoms with Gasteiger partial charge in [0.2, 0.25) is 0 Å². The predicted molar refractivity (Wildman–Crippen MR) is 208 cm³/mol. The number of carbonyl (C=O) groups excluding carboxylic acids is 2. The van der Waals surface area contributed by atoms with Gasteiger partial charge in [-0.25, -0.2) is 9.97 Å². The molecule has 54 heavy (non-hydrogen) atoms. The summed E-state index contributed by atoms with van der Waals surface area (Å²) in [6.07, 6.45) is 7.56. The Bertz CT molecular complexity index is 2120. The van der Waals surface area contributed by atoms with Crippen LogP contribution in [-0.4, -0.2) is 78.0 Å². The standard InChI is InChI=1S/C40H46Cl2N8O4/c1-47-32-15-17-49(19-23-9-10-23)21-30(32)43-36(47)38(51)45-28-7-3-5-26(34(28)41)27-6-4-8-29(35(27)42)46-39(52)37-44-31-22-50(18-16-33(31)48(37)2)20-24-11-13-25(14-12-24)40(53)54/h3-8,23-25H,9-22H2,1-2H3,(H,45,51)(H,46,52)(H,53,54). The fourth-order valence-electron chi connectivity index (χ4n) is 8.53. The number of carboxylic acids is 1. The largest absolute Gasteiger partial charge is 0.481 e. The minimum atomic E-state index is -0.684. The number of benzene rings is 2. The van der Waals surface area contributed by atoms with Crippen molar-refractivity contribution >= 4 is 52.4 Å². The molecule has 4 heterocycles. The number of nitrogens with zero attached hydrogens (tertiary/aromatic N) is 6. The minimum Gasteiger partial charge on any atom is -0.481 e. The summed E-state index contributed by atoms with van der Waals surface area (Å²) < 4.78 is 3.76. The van der Waals surface area contributed by atoms with Gasteiger partial charge < -0.3 is 24.9 Å². The molecule has 8 rings (SSSR count). The van der Waals surface area contributed by atoms with E-state index in [0.29, 0.717) is 56.7 Å². The van der Waals surface area contributed by atoms with Crippen LogP contribution in [0.15, 0.2) is 36.4 Å². The monoisotopic (exact) mass is 772 g/mol. The fraction of sp³-hybridized carbons (Fsp3) is 0.475. The predicted octanol–water partition coefficient (Wildman–Crippen LogP) is 6.65. The maximum absolute atomic E-state index is 13.7. The highest BCUT2D eigenvalue weighted by atomic mass is 35.5. The second kappa shape index (κ2) is 15.1. The van der Waals surface area contributed by atoms with Crippen molar-refractivity contribution in [3.63, 3.8) is 0 Å². The van der Waals surface area contributed by atoms with Crippen LogP contribution in [0.2, 0.25) is 10.0 Å². The molecule has 2 fully saturated rings. The lowest BCUT2D eigenvalue weighted by Crippen LogP contribution is -2.36. The Morgan fingerprint density at radius 2 is 1.13 bits per heavy atom. The molecule has 14 heteroatoms. The average Bonchev–Trinajstić information content (AvgIpc) is 3.83. The third-order valence-corrected chi connectivity index (χ3v) is 12.6. The van der Waals surface area contributed by atoms with Crippen molar-refractivity contribution in [2.75, 3.05) is 36.8 Å². The molecule has 2 aliphatic carbocycles. The third-order valence-electron chi connectivity index (χ3n) is 11.8. The van der Waals surface area contributed by atoms with E-state index in [1.54, 1.807) is 24.3 Å². The summed E-state index contributed by atoms with van der Waals surface area (Å²) in [5.41, 5.74) is 6.04. The molecule has 0 bridgehead atoms. The van der Waals surface area contributed by atoms with Crippen molar-refractivity contribution in [3.05, 3.63) is 80.9 Å². The zero-order valence-electron chi connectivity index (χ0n) is 30.7. The highest BCUT2D eigenvalue weighted by Gasteiger charge is 2.32. The summed E-state index contributed by atoms with van der Waals surface area (Å²) in [5.74, 6) is 0.314. The molecule has 4 aliphatic rings. The zero-order chi connectivity index (χ0) is 37.7. The summed E-state index contributed by atoms with van der Waals surface area (Å²) in [4.78, 5) is 53.0. The van der Waals surface area contributed by atoms with Crippen molar-refractivity contribution in [3.8, 4) is 11.1 Å². The molecule has 284 valence electrons. The molecule has 2 aromatic heterocycles. The van der Waals surface area contributed by atoms with Gasteiger partial charge in [0.15, 0.2) is 11.6 Å². The van der Waals surface area contributed by atoms with Gasteiger partial charge in [-0.1, -0.05) is 47.5 Å². The number of carboxylic acid groups (broad SMARTS) is 1. The number of fused-ring (bicyclic) bond motifs is 2. The number of aromatic nitrogens is 4. The van der Waals surface area contributed by atoms with Crippen LogP contribution in [0.25, 0.3) is 11.1 Å². The molecule has 3 N–H and O–H groups in total. The normalized spacial score (nSPS) is 20.3. The average molecular weight is 774 g/mol. The zero-order valence-corrected chi connectivity index (χ0v) is 32.2. The highest BCUT2D eigenvalue weighted by molar-refractivity contribution is 6.40. The summed E-state index contributed by atoms with van der Waals surface area (Å²) in [6.45, 7) is 5.25. The lowest BCUT2D eigenvalue weighted by atomic mass is 9.81. The quantitative estimate of drug-likeness (QED) is 0.163. The first kappa shape index (κ1) is 36.7. The van der Waals surface area contributed by atoms with Gasteiger partial charge >= 0.3 is 5.97 Å². The van der Waals surface area contributed by atoms with Gasteiger partial charge in [-0.15, -0.1) is 0 Å². The van der Waals surface area contributed by atoms with E-state index in [2.05, 4.69) is 20.4 Å². The van der Waals surface area contributed by atoms with Crippen LogP contribution in [0, 0.1) is 17.8 Å². The fourth-order valence-corrected chi connectivity index (χ4v) is 9.08. The molecule has 4 aromatic rings. The Labute approximate surface area is 324 Å². The summed E-state index contributed by atoms with van der Waals surface area (Å²) in [6, 6.07) is 10.7. The number of aliphatic carboxylic acids is 1. The number of hydrogen-bond donors (Lipinski definition) is 3. The van der Waals surface area contributed by atoms with Gasteiger partial charge in [0.25, 0.3) is 11.8 Å². The number of halogens is 2. The van der Waals surface area contributed by atoms with E-state index < -0.39 is 5.97 Å². The van der Waals surface area contributed by atoms with Crippen molar-refractivity contribution in [1.29, 1.82) is 0 Å². The first-order valence-corrected chi connectivity index (χ1v) is 19.8. The highest BCUT2D eigenvalue weighted by Crippen LogP contribution is 2.41. The number of imidazole rings is 2. The topological polar surface area (TPSA) is 138 Å². The van der Waals surface area contributed by atoms with Crippen LogP contribution in [0.4, 0.5) is 11.4 Å². The number of anilines is 2. The lowest BCUT2D eigenvalue weighted by molar-refractivity contribution is -0.143. The Morgan fingerprint density at radius 1 is 0.704 bits per heavy atom. The molecule has 2 aromatic carbocycles. The Balaban J connectivity index is 0.940. The molecular formula is C40H46Cl2N8O4. The van der Waals surface area contributed by atoms with Crippen LogP contribution >= 0.6 is 23.2 Å². The van der Waals surface area contributed by atoms with Crippen LogP contribution in [0.5, 0.6) is 0 Å². The molecular weight excluding hydrogens is 727 g/mol. The number of hydrogen-bond acceptors (Lipinski definition) is 7. The first-order chi connectivity index (χ1) is 26.0. The van der Waals surface area contributed by atoms with Crippen LogP contribution < -0.4 is 10.6 Å². The van der Waals surface area contributed by atoms with Gasteiger partial charge in [0, 0.05) is 88.7 Å². The molecule has 0 spiro atoms. The maximum atomic E-state index is 13.7. The minimum absolute atomic E-state index is 0.221. The van der Waals surface area contributed by atoms with Gasteiger partial charge in [-0.2, -0.15) is 0 Å². The van der Waals surface area contributed by atoms with Gasteiger partial charge in [-0.3, -0.25) is 24.2 Å². The third kappa shape index (κ3) is 7.41. The van der Waals surface area contributed by atoms with Crippen molar-refractivity contribution in [2.45, 2.75) is 64.5 Å². The number of nitrogens with one attached hydrogen (secondary N) is 2. The van der Waals surface area contributed by atoms with Crippen molar-refractivity contribution < 1.29 is 19.5 Å². The number of carbonyl (C=O) groups is 3. The molecule has 2 amide bonds. The lowest BCUT2D eigenvalue weighted by Gasteiger charge is -2.33. The Morgan fingerprint density at radius 3 is 1.54 bits per heavy atom. The molecule has 12 nitrogen and oxygen atoms in total. The van der Waals surface area contributed by atoms with E-state index in [9.17, 15) is 19.5 Å². The van der Waals surface area contributed by atoms with E-state index in [-0.39, 0.29) is 17.7 Å². The van der Waals surface area contributed by atoms with E-state index in [1.165, 1.54) is 12.8 Å². The molecule has 0 unspecified atom stereocenters. The number of amides is 2. The number of rotatable bonds is 10. The van der Waals surface area contributed by atoms with Crippen LogP contribution in [0.1, 0.15) is 82.5 Å². The molecule has 0 atom stereocenters. The maximum Gasteiger partial charge on any atom is 0.306 e. The molecule has 2 saturated carbocycles. The van der Waals surface area contributed by atoms with E-state index in [1.807, 2.05) is 35.4 Å². The van der Waals surface area contributed by atoms with E-state index >= 15 is 0 Å². The SMILES string of the molecule is Cn1c(C(=O)Nc2cccc(-c3cccc(NC(=O)c4nc5c(n4C)CCN(CC4CCC(C(=O)O)CC4)C5)c3Cl)c2Cl)nc2c1CCN(CC1CC1)C2. The second-order valence-corrected chi connectivity index (χ2v) is 16.2. The first-order valence-electron chi connectivity index (χ1n) is 19.0. The summed E-state index contributed by atoms with van der Waals surface area (Å²) >= 11 is 13.9. The van der Waals surface area contributed by atoms with Crippen LogP contribution in [-0.2, 0) is 44.8 Å². The van der Waals surface area contributed by atoms with Crippen LogP contribution in [0.3, 0.4) is 0 Å². The van der Waals surface area contributed by atoms with Gasteiger partial charge in [-0.05, 0) is 62.5 Å². The molecule has 0 saturated heterocycles. The van der Waals surface area contributed by atoms with Gasteiger partial charge in [0.05, 0.1) is 38.7 Å². The Hall–Kier alpha value is -4.23. The van der Waals surface area contributed by atoms with E-state index in [4.69, 9.17) is 33.2 Å². The van der Waals surface area contributed by atoms with E-state index in [0.717, 1.165) is 99.9 Å². The van der Waals surface area contributed by atoms with Crippen molar-refractivity contribution in [2.24, 2.45) is 31.8 Å². The second-order valence-electron chi connectivity index (χ2n) is 15.5.